The van der Waals surface area contributed by atoms with Crippen LogP contribution in [0.25, 0.3) is 0 Å². The average Bonchev–Trinajstić information content (AvgIpc) is 2.59. The van der Waals surface area contributed by atoms with Gasteiger partial charge in [-0.2, -0.15) is 5.10 Å². The van der Waals surface area contributed by atoms with E-state index in [-0.39, 0.29) is 5.91 Å². The van der Waals surface area contributed by atoms with Gasteiger partial charge in [-0.25, -0.2) is 0 Å². The van der Waals surface area contributed by atoms with Crippen molar-refractivity contribution in [1.82, 2.24) is 14.7 Å². The Labute approximate surface area is 110 Å². The number of halogens is 1. The Kier molecular flexibility index (Phi) is 3.86. The number of hydrogen-bond acceptors (Lipinski definition) is 2. The molecule has 94 valence electrons. The van der Waals surface area contributed by atoms with Gasteiger partial charge in [-0.05, 0) is 35.2 Å². The lowest BCUT2D eigenvalue weighted by Gasteiger charge is -2.26. The molecule has 0 atom stereocenters. The lowest BCUT2D eigenvalue weighted by atomic mass is 10.1. The van der Waals surface area contributed by atoms with Crippen molar-refractivity contribution in [2.75, 3.05) is 6.54 Å². The minimum atomic E-state index is 0.266. The number of aromatic nitrogens is 2. The molecule has 1 amide bonds. The van der Waals surface area contributed by atoms with E-state index in [9.17, 15) is 4.79 Å². The van der Waals surface area contributed by atoms with Crippen molar-refractivity contribution < 1.29 is 4.79 Å². The van der Waals surface area contributed by atoms with E-state index in [1.54, 1.807) is 0 Å². The molecule has 0 spiro atoms. The largest absolute Gasteiger partial charge is 0.337 e. The molecular weight excluding hydrogens is 282 g/mol. The van der Waals surface area contributed by atoms with Crippen molar-refractivity contribution in [3.63, 3.8) is 0 Å². The molecule has 4 nitrogen and oxygen atoms in total. The standard InChI is InChI=1S/C12H18BrN3O/c1-3-9-12(13)10(15(2)14-9)8-16-7-5-4-6-11(16)17/h3-8H2,1-2H3. The van der Waals surface area contributed by atoms with Crippen LogP contribution in [0.5, 0.6) is 0 Å². The topological polar surface area (TPSA) is 38.1 Å². The Bertz CT molecular complexity index is 428. The molecular formula is C12H18BrN3O. The summed E-state index contributed by atoms with van der Waals surface area (Å²) in [4.78, 5) is 13.7. The second-order valence-corrected chi connectivity index (χ2v) is 5.25. The van der Waals surface area contributed by atoms with Gasteiger partial charge in [-0.3, -0.25) is 9.48 Å². The van der Waals surface area contributed by atoms with Crippen LogP contribution >= 0.6 is 15.9 Å². The smallest absolute Gasteiger partial charge is 0.222 e. The first-order valence-corrected chi connectivity index (χ1v) is 6.90. The van der Waals surface area contributed by atoms with Crippen molar-refractivity contribution in [2.45, 2.75) is 39.2 Å². The number of nitrogens with zero attached hydrogens (tertiary/aromatic N) is 3. The third-order valence-corrected chi connectivity index (χ3v) is 4.18. The van der Waals surface area contributed by atoms with Gasteiger partial charge < -0.3 is 4.90 Å². The predicted octanol–water partition coefficient (Wildman–Crippen LogP) is 2.26. The molecule has 2 rings (SSSR count). The highest BCUT2D eigenvalue weighted by molar-refractivity contribution is 9.10. The quantitative estimate of drug-likeness (QED) is 0.859. The molecule has 1 aliphatic rings. The predicted molar refractivity (Wildman–Crippen MR) is 69.6 cm³/mol. The van der Waals surface area contributed by atoms with Crippen LogP contribution in [0.1, 0.15) is 37.6 Å². The van der Waals surface area contributed by atoms with E-state index in [2.05, 4.69) is 28.0 Å². The molecule has 0 radical (unpaired) electrons. The van der Waals surface area contributed by atoms with Gasteiger partial charge >= 0.3 is 0 Å². The molecule has 1 aromatic heterocycles. The lowest BCUT2D eigenvalue weighted by Crippen LogP contribution is -2.35. The number of aryl methyl sites for hydroxylation is 2. The normalized spacial score (nSPS) is 16.6. The average molecular weight is 300 g/mol. The Morgan fingerprint density at radius 2 is 2.18 bits per heavy atom. The van der Waals surface area contributed by atoms with Gasteiger partial charge in [0.05, 0.1) is 22.4 Å². The number of amides is 1. The van der Waals surface area contributed by atoms with Crippen molar-refractivity contribution in [2.24, 2.45) is 7.05 Å². The molecule has 0 saturated carbocycles. The maximum absolute atomic E-state index is 11.8. The number of hydrogen-bond donors (Lipinski definition) is 0. The maximum Gasteiger partial charge on any atom is 0.222 e. The van der Waals surface area contributed by atoms with Crippen LogP contribution in [-0.2, 0) is 24.8 Å². The third-order valence-electron chi connectivity index (χ3n) is 3.26. The molecule has 0 aromatic carbocycles. The first kappa shape index (κ1) is 12.6. The minimum absolute atomic E-state index is 0.266. The van der Waals surface area contributed by atoms with Gasteiger partial charge in [0.2, 0.25) is 5.91 Å². The highest BCUT2D eigenvalue weighted by Gasteiger charge is 2.21. The number of carbonyl (C=O) groups is 1. The first-order valence-electron chi connectivity index (χ1n) is 6.11. The van der Waals surface area contributed by atoms with Crippen molar-refractivity contribution in [1.29, 1.82) is 0 Å². The fourth-order valence-corrected chi connectivity index (χ4v) is 2.94. The summed E-state index contributed by atoms with van der Waals surface area (Å²) < 4.78 is 2.94. The molecule has 1 fully saturated rings. The van der Waals surface area contributed by atoms with Gasteiger partial charge in [-0.1, -0.05) is 6.92 Å². The summed E-state index contributed by atoms with van der Waals surface area (Å²) in [6, 6.07) is 0. The van der Waals surface area contributed by atoms with Crippen LogP contribution in [0.15, 0.2) is 4.47 Å². The molecule has 1 saturated heterocycles. The monoisotopic (exact) mass is 299 g/mol. The summed E-state index contributed by atoms with van der Waals surface area (Å²) in [6.07, 6.45) is 3.74. The van der Waals surface area contributed by atoms with Gasteiger partial charge in [-0.15, -0.1) is 0 Å². The summed E-state index contributed by atoms with van der Waals surface area (Å²) in [5.41, 5.74) is 2.16. The van der Waals surface area contributed by atoms with E-state index >= 15 is 0 Å². The second-order valence-electron chi connectivity index (χ2n) is 4.46. The highest BCUT2D eigenvalue weighted by atomic mass is 79.9. The fourth-order valence-electron chi connectivity index (χ4n) is 2.20. The molecule has 17 heavy (non-hydrogen) atoms. The number of rotatable bonds is 3. The minimum Gasteiger partial charge on any atom is -0.337 e. The van der Waals surface area contributed by atoms with Crippen LogP contribution < -0.4 is 0 Å². The third kappa shape index (κ3) is 2.54. The summed E-state index contributed by atoms with van der Waals surface area (Å²) in [6.45, 7) is 3.63. The molecule has 2 heterocycles. The number of piperidine rings is 1. The summed E-state index contributed by atoms with van der Waals surface area (Å²) in [5, 5.41) is 4.45. The van der Waals surface area contributed by atoms with Crippen LogP contribution in [0.4, 0.5) is 0 Å². The molecule has 0 bridgehead atoms. The van der Waals surface area contributed by atoms with Crippen LogP contribution in [0.2, 0.25) is 0 Å². The van der Waals surface area contributed by atoms with Crippen molar-refractivity contribution in [3.8, 4) is 0 Å². The maximum atomic E-state index is 11.8. The molecule has 0 unspecified atom stereocenters. The van der Waals surface area contributed by atoms with E-state index in [1.165, 1.54) is 0 Å². The lowest BCUT2D eigenvalue weighted by molar-refractivity contribution is -0.133. The molecule has 5 heteroatoms. The van der Waals surface area contributed by atoms with Gasteiger partial charge in [0, 0.05) is 20.0 Å². The van der Waals surface area contributed by atoms with E-state index in [0.717, 1.165) is 41.7 Å². The zero-order valence-electron chi connectivity index (χ0n) is 10.4. The first-order chi connectivity index (χ1) is 8.13. The number of carbonyl (C=O) groups excluding carboxylic acids is 1. The Morgan fingerprint density at radius 3 is 2.76 bits per heavy atom. The van der Waals surface area contributed by atoms with Crippen molar-refractivity contribution in [3.05, 3.63) is 15.9 Å². The Morgan fingerprint density at radius 1 is 1.41 bits per heavy atom. The Hall–Kier alpha value is -0.840. The summed E-state index contributed by atoms with van der Waals surface area (Å²) in [5.74, 6) is 0.266. The molecule has 0 N–H and O–H groups in total. The van der Waals surface area contributed by atoms with Gasteiger partial charge in [0.15, 0.2) is 0 Å². The van der Waals surface area contributed by atoms with Gasteiger partial charge in [0.1, 0.15) is 0 Å². The van der Waals surface area contributed by atoms with Crippen LogP contribution in [0, 0.1) is 0 Å². The van der Waals surface area contributed by atoms with Crippen LogP contribution in [-0.4, -0.2) is 27.1 Å². The zero-order chi connectivity index (χ0) is 12.4. The van der Waals surface area contributed by atoms with E-state index < -0.39 is 0 Å². The SMILES string of the molecule is CCc1nn(C)c(CN2CCCCC2=O)c1Br. The Balaban J connectivity index is 2.17. The van der Waals surface area contributed by atoms with E-state index in [1.807, 2.05) is 16.6 Å². The summed E-state index contributed by atoms with van der Waals surface area (Å²) in [7, 11) is 1.94. The zero-order valence-corrected chi connectivity index (χ0v) is 12.0. The molecule has 1 aromatic rings. The summed E-state index contributed by atoms with van der Waals surface area (Å²) >= 11 is 3.59. The molecule has 0 aliphatic carbocycles. The molecule has 1 aliphatic heterocycles. The van der Waals surface area contributed by atoms with Gasteiger partial charge in [0.25, 0.3) is 0 Å². The van der Waals surface area contributed by atoms with E-state index in [0.29, 0.717) is 13.0 Å². The van der Waals surface area contributed by atoms with Crippen molar-refractivity contribution >= 4 is 21.8 Å². The van der Waals surface area contributed by atoms with Crippen LogP contribution in [0.3, 0.4) is 0 Å². The fraction of sp³-hybridized carbons (Fsp3) is 0.667. The number of likely N-dealkylation sites (tertiary alicyclic amines) is 1. The highest BCUT2D eigenvalue weighted by Crippen LogP contribution is 2.24. The second kappa shape index (κ2) is 5.21. The van der Waals surface area contributed by atoms with E-state index in [4.69, 9.17) is 0 Å².